The van der Waals surface area contributed by atoms with Crippen molar-refractivity contribution in [3.63, 3.8) is 0 Å². The first kappa shape index (κ1) is 19.5. The molecule has 1 N–H and O–H groups in total. The minimum atomic E-state index is -0.458. The molecule has 0 bridgehead atoms. The topological polar surface area (TPSA) is 38.3 Å². The summed E-state index contributed by atoms with van der Waals surface area (Å²) in [6.45, 7) is 8.65. The van der Waals surface area contributed by atoms with E-state index in [-0.39, 0.29) is 5.91 Å². The maximum Gasteiger partial charge on any atom is 0.230 e. The first-order chi connectivity index (χ1) is 11.8. The van der Waals surface area contributed by atoms with Crippen molar-refractivity contribution in [1.29, 1.82) is 0 Å². The molecule has 25 heavy (non-hydrogen) atoms. The Labute approximate surface area is 158 Å². The number of anilines is 1. The normalized spacial score (nSPS) is 11.2. The molecule has 2 rings (SSSR count). The molecule has 0 aliphatic heterocycles. The Hall–Kier alpha value is -1.81. The van der Waals surface area contributed by atoms with Gasteiger partial charge in [0.15, 0.2) is 0 Å². The van der Waals surface area contributed by atoms with Crippen LogP contribution in [0.1, 0.15) is 37.8 Å². The number of halogens is 1. The van der Waals surface area contributed by atoms with E-state index in [2.05, 4.69) is 46.4 Å². The largest absolute Gasteiger partial charge is 0.493 e. The van der Waals surface area contributed by atoms with E-state index in [0.717, 1.165) is 34.3 Å². The monoisotopic (exact) mass is 403 g/mol. The van der Waals surface area contributed by atoms with Crippen LogP contribution in [0, 0.1) is 19.3 Å². The molecular formula is C21H26BrNO2. The third-order valence-corrected chi connectivity index (χ3v) is 4.98. The highest BCUT2D eigenvalue weighted by Crippen LogP contribution is 2.28. The van der Waals surface area contributed by atoms with Gasteiger partial charge in [0.1, 0.15) is 5.75 Å². The van der Waals surface area contributed by atoms with Crippen molar-refractivity contribution in [2.45, 2.75) is 40.5 Å². The van der Waals surface area contributed by atoms with Gasteiger partial charge in [0.25, 0.3) is 0 Å². The zero-order valence-electron chi connectivity index (χ0n) is 15.4. The highest BCUT2D eigenvalue weighted by molar-refractivity contribution is 9.10. The number of rotatable bonds is 7. The summed E-state index contributed by atoms with van der Waals surface area (Å²) in [5.74, 6) is 0.946. The molecule has 1 amide bonds. The second kappa shape index (κ2) is 8.52. The molecule has 134 valence electrons. The Bertz CT molecular complexity index is 740. The van der Waals surface area contributed by atoms with E-state index in [4.69, 9.17) is 4.74 Å². The molecule has 0 fully saturated rings. The number of benzene rings is 2. The molecule has 0 aliphatic carbocycles. The molecule has 0 heterocycles. The molecule has 0 saturated carbocycles. The van der Waals surface area contributed by atoms with E-state index in [1.165, 1.54) is 5.56 Å². The summed E-state index contributed by atoms with van der Waals surface area (Å²) in [5.41, 5.74) is 2.66. The number of ether oxygens (including phenoxy) is 1. The lowest BCUT2D eigenvalue weighted by Crippen LogP contribution is -2.31. The van der Waals surface area contributed by atoms with E-state index < -0.39 is 5.41 Å². The number of hydrogen-bond acceptors (Lipinski definition) is 2. The zero-order valence-corrected chi connectivity index (χ0v) is 16.9. The van der Waals surface area contributed by atoms with E-state index >= 15 is 0 Å². The van der Waals surface area contributed by atoms with Gasteiger partial charge in [-0.05, 0) is 71.9 Å². The smallest absolute Gasteiger partial charge is 0.230 e. The molecule has 0 atom stereocenters. The minimum absolute atomic E-state index is 0.0196. The van der Waals surface area contributed by atoms with Crippen LogP contribution in [0.4, 0.5) is 5.69 Å². The van der Waals surface area contributed by atoms with Crippen molar-refractivity contribution in [3.05, 3.63) is 58.1 Å². The Balaban J connectivity index is 1.85. The number of carbonyl (C=O) groups is 1. The second-order valence-corrected chi connectivity index (χ2v) is 7.89. The molecule has 0 radical (unpaired) electrons. The number of carbonyl (C=O) groups excluding carboxylic acids is 1. The summed E-state index contributed by atoms with van der Waals surface area (Å²) < 4.78 is 6.78. The maximum absolute atomic E-state index is 12.6. The summed E-state index contributed by atoms with van der Waals surface area (Å²) >= 11 is 3.46. The van der Waals surface area contributed by atoms with Gasteiger partial charge in [-0.15, -0.1) is 0 Å². The van der Waals surface area contributed by atoms with Crippen LogP contribution in [0.3, 0.4) is 0 Å². The van der Waals surface area contributed by atoms with Gasteiger partial charge in [0.2, 0.25) is 5.91 Å². The highest BCUT2D eigenvalue weighted by Gasteiger charge is 2.27. The molecule has 3 nitrogen and oxygen atoms in total. The van der Waals surface area contributed by atoms with E-state index in [1.54, 1.807) is 0 Å². The number of nitrogens with one attached hydrogen (secondary N) is 1. The molecule has 0 spiro atoms. The average Bonchev–Trinajstić information content (AvgIpc) is 2.56. The fourth-order valence-electron chi connectivity index (χ4n) is 2.53. The van der Waals surface area contributed by atoms with Crippen LogP contribution in [-0.2, 0) is 4.79 Å². The van der Waals surface area contributed by atoms with Crippen molar-refractivity contribution in [2.75, 3.05) is 11.9 Å². The van der Waals surface area contributed by atoms with Gasteiger partial charge in [0.05, 0.1) is 12.3 Å². The van der Waals surface area contributed by atoms with Crippen LogP contribution in [0.2, 0.25) is 0 Å². The van der Waals surface area contributed by atoms with Crippen LogP contribution in [0.15, 0.2) is 46.9 Å². The number of amides is 1. The minimum Gasteiger partial charge on any atom is -0.493 e. The highest BCUT2D eigenvalue weighted by atomic mass is 79.9. The van der Waals surface area contributed by atoms with Crippen LogP contribution in [0.5, 0.6) is 5.75 Å². The standard InChI is InChI=1S/C21H26BrNO2/c1-15-10-11-16(2)19(14-15)25-13-7-12-21(3,4)20(24)23-18-9-6-5-8-17(18)22/h5-6,8-11,14H,7,12-13H2,1-4H3,(H,23,24). The Morgan fingerprint density at radius 3 is 2.60 bits per heavy atom. The predicted molar refractivity (Wildman–Crippen MR) is 107 cm³/mol. The lowest BCUT2D eigenvalue weighted by molar-refractivity contribution is -0.124. The fourth-order valence-corrected chi connectivity index (χ4v) is 2.91. The summed E-state index contributed by atoms with van der Waals surface area (Å²) in [5, 5.41) is 3.00. The van der Waals surface area contributed by atoms with Crippen molar-refractivity contribution in [3.8, 4) is 5.75 Å². The summed E-state index contributed by atoms with van der Waals surface area (Å²) in [4.78, 5) is 12.6. The third-order valence-electron chi connectivity index (χ3n) is 4.28. The van der Waals surface area contributed by atoms with Crippen molar-refractivity contribution >= 4 is 27.5 Å². The average molecular weight is 404 g/mol. The van der Waals surface area contributed by atoms with Gasteiger partial charge in [-0.25, -0.2) is 0 Å². The van der Waals surface area contributed by atoms with Crippen molar-refractivity contribution < 1.29 is 9.53 Å². The van der Waals surface area contributed by atoms with Gasteiger partial charge in [-0.1, -0.05) is 38.1 Å². The summed E-state index contributed by atoms with van der Waals surface area (Å²) in [6.07, 6.45) is 1.58. The van der Waals surface area contributed by atoms with Gasteiger partial charge in [-0.3, -0.25) is 4.79 Å². The number of hydrogen-bond donors (Lipinski definition) is 1. The molecule has 0 unspecified atom stereocenters. The fraction of sp³-hybridized carbons (Fsp3) is 0.381. The Kier molecular flexibility index (Phi) is 6.65. The van der Waals surface area contributed by atoms with Crippen molar-refractivity contribution in [2.24, 2.45) is 5.41 Å². The Morgan fingerprint density at radius 2 is 1.88 bits per heavy atom. The maximum atomic E-state index is 12.6. The molecule has 2 aromatic rings. The molecule has 0 saturated heterocycles. The molecular weight excluding hydrogens is 378 g/mol. The van der Waals surface area contributed by atoms with E-state index in [1.807, 2.05) is 45.0 Å². The second-order valence-electron chi connectivity index (χ2n) is 7.04. The number of para-hydroxylation sites is 1. The number of aryl methyl sites for hydroxylation is 2. The van der Waals surface area contributed by atoms with Gasteiger partial charge < -0.3 is 10.1 Å². The summed E-state index contributed by atoms with van der Waals surface area (Å²) in [7, 11) is 0. The van der Waals surface area contributed by atoms with E-state index in [9.17, 15) is 4.79 Å². The first-order valence-electron chi connectivity index (χ1n) is 8.55. The molecule has 0 aromatic heterocycles. The SMILES string of the molecule is Cc1ccc(C)c(OCCCC(C)(C)C(=O)Nc2ccccc2Br)c1. The van der Waals surface area contributed by atoms with Crippen LogP contribution in [-0.4, -0.2) is 12.5 Å². The third kappa shape index (κ3) is 5.60. The van der Waals surface area contributed by atoms with E-state index in [0.29, 0.717) is 6.61 Å². The molecule has 4 heteroatoms. The van der Waals surface area contributed by atoms with Gasteiger partial charge in [0, 0.05) is 9.89 Å². The molecule has 2 aromatic carbocycles. The van der Waals surface area contributed by atoms with Gasteiger partial charge >= 0.3 is 0 Å². The lowest BCUT2D eigenvalue weighted by atomic mass is 9.87. The van der Waals surface area contributed by atoms with Gasteiger partial charge in [-0.2, -0.15) is 0 Å². The first-order valence-corrected chi connectivity index (χ1v) is 9.35. The van der Waals surface area contributed by atoms with Crippen LogP contribution in [0.25, 0.3) is 0 Å². The molecule has 0 aliphatic rings. The van der Waals surface area contributed by atoms with Crippen molar-refractivity contribution in [1.82, 2.24) is 0 Å². The van der Waals surface area contributed by atoms with Crippen LogP contribution < -0.4 is 10.1 Å². The lowest BCUT2D eigenvalue weighted by Gasteiger charge is -2.24. The Morgan fingerprint density at radius 1 is 1.16 bits per heavy atom. The quantitative estimate of drug-likeness (QED) is 0.585. The summed E-state index contributed by atoms with van der Waals surface area (Å²) in [6, 6.07) is 13.8. The van der Waals surface area contributed by atoms with Crippen LogP contribution >= 0.6 is 15.9 Å². The predicted octanol–water partition coefficient (Wildman–Crippen LogP) is 5.89. The zero-order chi connectivity index (χ0) is 18.4.